The topological polar surface area (TPSA) is 72.7 Å². The Morgan fingerprint density at radius 2 is 2.21 bits per heavy atom. The molecule has 24 heavy (non-hydrogen) atoms. The van der Waals surface area contributed by atoms with E-state index in [9.17, 15) is 13.6 Å². The molecule has 3 aromatic rings. The number of amides is 1. The molecule has 0 radical (unpaired) electrons. The molecular formula is C14H11F2N5OS2. The lowest BCUT2D eigenvalue weighted by molar-refractivity contribution is 0.102. The zero-order chi connectivity index (χ0) is 17.1. The number of rotatable bonds is 5. The number of hydrogen-bond acceptors (Lipinski definition) is 6. The van der Waals surface area contributed by atoms with Crippen LogP contribution in [0.2, 0.25) is 0 Å². The van der Waals surface area contributed by atoms with Gasteiger partial charge in [0.25, 0.3) is 12.3 Å². The number of nitrogens with one attached hydrogen (secondary N) is 1. The van der Waals surface area contributed by atoms with Crippen LogP contribution in [0.25, 0.3) is 5.69 Å². The summed E-state index contributed by atoms with van der Waals surface area (Å²) in [4.78, 5) is 16.5. The highest BCUT2D eigenvalue weighted by Crippen LogP contribution is 2.25. The maximum absolute atomic E-state index is 12.5. The highest BCUT2D eigenvalue weighted by atomic mass is 32.2. The summed E-state index contributed by atoms with van der Waals surface area (Å²) >= 11 is 2.13. The van der Waals surface area contributed by atoms with E-state index in [1.165, 1.54) is 11.8 Å². The van der Waals surface area contributed by atoms with Gasteiger partial charge in [-0.1, -0.05) is 29.2 Å². The molecule has 0 aliphatic carbocycles. The molecule has 10 heteroatoms. The van der Waals surface area contributed by atoms with Crippen LogP contribution in [0.15, 0.2) is 41.8 Å². The number of hydrogen-bond donors (Lipinski definition) is 1. The summed E-state index contributed by atoms with van der Waals surface area (Å²) in [6, 6.07) is 6.90. The molecule has 1 N–H and O–H groups in total. The summed E-state index contributed by atoms with van der Waals surface area (Å²) in [5.74, 6) is -0.445. The quantitative estimate of drug-likeness (QED) is 0.697. The molecule has 0 aliphatic heterocycles. The van der Waals surface area contributed by atoms with Crippen molar-refractivity contribution < 1.29 is 13.6 Å². The van der Waals surface area contributed by atoms with Crippen LogP contribution in [0.5, 0.6) is 0 Å². The molecule has 0 saturated heterocycles. The molecule has 2 heterocycles. The maximum Gasteiger partial charge on any atom is 0.291 e. The molecule has 6 nitrogen and oxygen atoms in total. The SMILES string of the molecule is CSc1nccn1-c1cccc(C(=O)Nc2nnc(C(F)F)s2)c1. The van der Waals surface area contributed by atoms with Crippen molar-refractivity contribution in [2.45, 2.75) is 11.6 Å². The Morgan fingerprint density at radius 1 is 1.38 bits per heavy atom. The van der Waals surface area contributed by atoms with Crippen molar-refractivity contribution in [2.24, 2.45) is 0 Å². The fourth-order valence-electron chi connectivity index (χ4n) is 1.98. The van der Waals surface area contributed by atoms with Crippen LogP contribution >= 0.6 is 23.1 Å². The van der Waals surface area contributed by atoms with Crippen molar-refractivity contribution in [2.75, 3.05) is 11.6 Å². The fourth-order valence-corrected chi connectivity index (χ4v) is 3.10. The number of aromatic nitrogens is 4. The third kappa shape index (κ3) is 3.44. The van der Waals surface area contributed by atoms with Gasteiger partial charge in [-0.05, 0) is 24.5 Å². The van der Waals surface area contributed by atoms with Gasteiger partial charge in [0.15, 0.2) is 10.2 Å². The summed E-state index contributed by atoms with van der Waals surface area (Å²) in [5, 5.41) is 9.75. The molecule has 0 aliphatic rings. The average Bonchev–Trinajstić information content (AvgIpc) is 3.23. The summed E-state index contributed by atoms with van der Waals surface area (Å²) in [7, 11) is 0. The third-order valence-corrected chi connectivity index (χ3v) is 4.54. The van der Waals surface area contributed by atoms with Crippen molar-refractivity contribution in [3.63, 3.8) is 0 Å². The Labute approximate surface area is 143 Å². The molecule has 3 rings (SSSR count). The Balaban J connectivity index is 1.81. The minimum Gasteiger partial charge on any atom is -0.296 e. The van der Waals surface area contributed by atoms with Gasteiger partial charge in [0.2, 0.25) is 5.13 Å². The lowest BCUT2D eigenvalue weighted by Gasteiger charge is -2.08. The molecule has 2 aromatic heterocycles. The first-order chi connectivity index (χ1) is 11.6. The molecule has 0 atom stereocenters. The van der Waals surface area contributed by atoms with Crippen LogP contribution in [0.3, 0.4) is 0 Å². The van der Waals surface area contributed by atoms with Gasteiger partial charge in [-0.2, -0.15) is 0 Å². The summed E-state index contributed by atoms with van der Waals surface area (Å²) < 4.78 is 26.9. The number of anilines is 1. The van der Waals surface area contributed by atoms with Crippen LogP contribution in [0.4, 0.5) is 13.9 Å². The van der Waals surface area contributed by atoms with E-state index in [1.54, 1.807) is 30.6 Å². The normalized spacial score (nSPS) is 11.0. The molecule has 0 saturated carbocycles. The van der Waals surface area contributed by atoms with E-state index < -0.39 is 17.3 Å². The van der Waals surface area contributed by atoms with Crippen LogP contribution in [0, 0.1) is 0 Å². The van der Waals surface area contributed by atoms with Gasteiger partial charge in [-0.25, -0.2) is 13.8 Å². The Hall–Kier alpha value is -2.33. The molecular weight excluding hydrogens is 356 g/mol. The number of halogens is 2. The lowest BCUT2D eigenvalue weighted by atomic mass is 10.2. The number of benzene rings is 1. The van der Waals surface area contributed by atoms with E-state index in [0.717, 1.165) is 10.8 Å². The number of nitrogens with zero attached hydrogens (tertiary/aromatic N) is 4. The van der Waals surface area contributed by atoms with E-state index >= 15 is 0 Å². The number of carbonyl (C=O) groups is 1. The van der Waals surface area contributed by atoms with Crippen molar-refractivity contribution in [3.8, 4) is 5.69 Å². The number of carbonyl (C=O) groups excluding carboxylic acids is 1. The van der Waals surface area contributed by atoms with Gasteiger partial charge < -0.3 is 0 Å². The average molecular weight is 367 g/mol. The van der Waals surface area contributed by atoms with Crippen molar-refractivity contribution in [1.29, 1.82) is 0 Å². The van der Waals surface area contributed by atoms with Crippen LogP contribution in [-0.4, -0.2) is 31.9 Å². The number of thioether (sulfide) groups is 1. The lowest BCUT2D eigenvalue weighted by Crippen LogP contribution is -2.12. The number of alkyl halides is 2. The van der Waals surface area contributed by atoms with Crippen molar-refractivity contribution in [3.05, 3.63) is 47.2 Å². The van der Waals surface area contributed by atoms with E-state index in [4.69, 9.17) is 0 Å². The molecule has 1 amide bonds. The van der Waals surface area contributed by atoms with E-state index in [2.05, 4.69) is 20.5 Å². The Kier molecular flexibility index (Phi) is 4.86. The first-order valence-corrected chi connectivity index (χ1v) is 8.73. The zero-order valence-electron chi connectivity index (χ0n) is 12.3. The van der Waals surface area contributed by atoms with Gasteiger partial charge in [0.05, 0.1) is 0 Å². The maximum atomic E-state index is 12.5. The fraction of sp³-hybridized carbons (Fsp3) is 0.143. The summed E-state index contributed by atoms with van der Waals surface area (Å²) in [6.45, 7) is 0. The van der Waals surface area contributed by atoms with Crippen molar-refractivity contribution >= 4 is 34.1 Å². The highest BCUT2D eigenvalue weighted by Gasteiger charge is 2.16. The van der Waals surface area contributed by atoms with Gasteiger partial charge >= 0.3 is 0 Å². The van der Waals surface area contributed by atoms with Gasteiger partial charge in [-0.15, -0.1) is 10.2 Å². The molecule has 0 fully saturated rings. The van der Waals surface area contributed by atoms with Crippen LogP contribution in [0.1, 0.15) is 21.8 Å². The van der Waals surface area contributed by atoms with E-state index in [-0.39, 0.29) is 5.13 Å². The van der Waals surface area contributed by atoms with Crippen LogP contribution in [-0.2, 0) is 0 Å². The third-order valence-electron chi connectivity index (χ3n) is 3.02. The van der Waals surface area contributed by atoms with E-state index in [1.807, 2.05) is 16.9 Å². The monoisotopic (exact) mass is 367 g/mol. The minimum absolute atomic E-state index is 0.0353. The first-order valence-electron chi connectivity index (χ1n) is 6.69. The predicted octanol–water partition coefficient (Wildman–Crippen LogP) is 3.64. The number of imidazole rings is 1. The standard InChI is InChI=1S/C14H11F2N5OS2/c1-23-14-17-5-6-21(14)9-4-2-3-8(7-9)11(22)18-13-20-19-12(24-13)10(15)16/h2-7,10H,1H3,(H,18,20,22). The smallest absolute Gasteiger partial charge is 0.291 e. The Morgan fingerprint density at radius 3 is 2.92 bits per heavy atom. The summed E-state index contributed by atoms with van der Waals surface area (Å²) in [6.07, 6.45) is 2.67. The molecule has 1 aromatic carbocycles. The second-order valence-corrected chi connectivity index (χ2v) is 6.32. The zero-order valence-corrected chi connectivity index (χ0v) is 13.9. The summed E-state index contributed by atoms with van der Waals surface area (Å²) in [5.41, 5.74) is 1.15. The highest BCUT2D eigenvalue weighted by molar-refractivity contribution is 7.98. The van der Waals surface area contributed by atoms with Gasteiger partial charge in [-0.3, -0.25) is 14.7 Å². The first kappa shape index (κ1) is 16.5. The molecule has 0 spiro atoms. The molecule has 124 valence electrons. The van der Waals surface area contributed by atoms with Gasteiger partial charge in [0.1, 0.15) is 0 Å². The van der Waals surface area contributed by atoms with E-state index in [0.29, 0.717) is 16.9 Å². The molecule has 0 bridgehead atoms. The van der Waals surface area contributed by atoms with Crippen molar-refractivity contribution in [1.82, 2.24) is 19.7 Å². The molecule has 0 unspecified atom stereocenters. The largest absolute Gasteiger partial charge is 0.296 e. The Bertz CT molecular complexity index is 864. The second-order valence-electron chi connectivity index (χ2n) is 4.53. The second kappa shape index (κ2) is 7.05. The van der Waals surface area contributed by atoms with Gasteiger partial charge in [0, 0.05) is 23.6 Å². The minimum atomic E-state index is -2.71. The predicted molar refractivity (Wildman–Crippen MR) is 88.2 cm³/mol. The van der Waals surface area contributed by atoms with Crippen LogP contribution < -0.4 is 5.32 Å².